The van der Waals surface area contributed by atoms with Crippen LogP contribution in [0.4, 0.5) is 0 Å². The summed E-state index contributed by atoms with van der Waals surface area (Å²) in [5, 5.41) is 8.02. The van der Waals surface area contributed by atoms with Crippen LogP contribution in [0.5, 0.6) is 0 Å². The highest BCUT2D eigenvalue weighted by molar-refractivity contribution is 5.15. The summed E-state index contributed by atoms with van der Waals surface area (Å²) in [5.74, 6) is 0.900. The molecule has 0 amide bonds. The predicted molar refractivity (Wildman–Crippen MR) is 67.7 cm³/mol. The van der Waals surface area contributed by atoms with Crippen molar-refractivity contribution >= 4 is 0 Å². The lowest BCUT2D eigenvalue weighted by Gasteiger charge is -2.45. The molecular formula is C13H22N4. The fraction of sp³-hybridized carbons (Fsp3) is 0.769. The van der Waals surface area contributed by atoms with E-state index in [0.717, 1.165) is 12.5 Å². The fourth-order valence-electron chi connectivity index (χ4n) is 3.16. The van der Waals surface area contributed by atoms with Gasteiger partial charge < -0.3 is 10.2 Å². The van der Waals surface area contributed by atoms with Crippen molar-refractivity contribution in [1.82, 2.24) is 20.0 Å². The van der Waals surface area contributed by atoms with Crippen molar-refractivity contribution in [3.05, 3.63) is 17.5 Å². The molecule has 3 saturated heterocycles. The Hall–Kier alpha value is -0.870. The van der Waals surface area contributed by atoms with Gasteiger partial charge in [0, 0.05) is 37.4 Å². The van der Waals surface area contributed by atoms with Gasteiger partial charge in [-0.05, 0) is 38.8 Å². The molecule has 3 fully saturated rings. The third-order valence-electron chi connectivity index (χ3n) is 4.55. The number of nitrogens with zero attached hydrogens (tertiary/aromatic N) is 3. The lowest BCUT2D eigenvalue weighted by atomic mass is 9.84. The number of hydrogen-bond donors (Lipinski definition) is 1. The fourth-order valence-corrected chi connectivity index (χ4v) is 3.16. The lowest BCUT2D eigenvalue weighted by Crippen LogP contribution is -2.55. The number of aromatic nitrogens is 2. The largest absolute Gasteiger partial charge is 0.308 e. The van der Waals surface area contributed by atoms with Crippen LogP contribution in [0, 0.1) is 12.8 Å². The van der Waals surface area contributed by atoms with Gasteiger partial charge in [0.05, 0.1) is 6.20 Å². The Morgan fingerprint density at radius 1 is 1.41 bits per heavy atom. The van der Waals surface area contributed by atoms with Crippen LogP contribution in [0.3, 0.4) is 0 Å². The summed E-state index contributed by atoms with van der Waals surface area (Å²) in [6, 6.07) is 0.692. The second-order valence-electron chi connectivity index (χ2n) is 5.50. The van der Waals surface area contributed by atoms with E-state index < -0.39 is 0 Å². The molecule has 4 rings (SSSR count). The number of rotatable bonds is 3. The first-order valence-electron chi connectivity index (χ1n) is 6.67. The van der Waals surface area contributed by atoms with Gasteiger partial charge in [0.25, 0.3) is 0 Å². The molecule has 17 heavy (non-hydrogen) atoms. The van der Waals surface area contributed by atoms with Crippen molar-refractivity contribution in [2.45, 2.75) is 32.4 Å². The molecule has 0 spiro atoms. The lowest BCUT2D eigenvalue weighted by molar-refractivity contribution is 0.0720. The van der Waals surface area contributed by atoms with Crippen molar-refractivity contribution in [2.75, 3.05) is 19.6 Å². The van der Waals surface area contributed by atoms with Crippen molar-refractivity contribution in [3.63, 3.8) is 0 Å². The van der Waals surface area contributed by atoms with Crippen LogP contribution in [-0.4, -0.2) is 40.4 Å². The van der Waals surface area contributed by atoms with E-state index in [0.29, 0.717) is 6.04 Å². The van der Waals surface area contributed by atoms with E-state index in [-0.39, 0.29) is 0 Å². The van der Waals surface area contributed by atoms with Crippen molar-refractivity contribution in [2.24, 2.45) is 13.0 Å². The van der Waals surface area contributed by atoms with E-state index in [1.165, 1.54) is 43.7 Å². The molecular weight excluding hydrogens is 212 g/mol. The monoisotopic (exact) mass is 234 g/mol. The minimum absolute atomic E-state index is 0.692. The zero-order chi connectivity index (χ0) is 11.8. The van der Waals surface area contributed by atoms with E-state index in [1.807, 2.05) is 17.9 Å². The molecule has 4 heteroatoms. The minimum atomic E-state index is 0.692. The summed E-state index contributed by atoms with van der Waals surface area (Å²) in [4.78, 5) is 2.59. The maximum absolute atomic E-state index is 4.29. The van der Waals surface area contributed by atoms with Crippen LogP contribution in [0.2, 0.25) is 0 Å². The van der Waals surface area contributed by atoms with Crippen molar-refractivity contribution < 1.29 is 0 Å². The highest BCUT2D eigenvalue weighted by Crippen LogP contribution is 2.27. The molecule has 1 atom stereocenters. The van der Waals surface area contributed by atoms with Crippen molar-refractivity contribution in [3.8, 4) is 0 Å². The number of aryl methyl sites for hydroxylation is 1. The first-order valence-corrected chi connectivity index (χ1v) is 6.67. The average Bonchev–Trinajstić information content (AvgIpc) is 2.69. The summed E-state index contributed by atoms with van der Waals surface area (Å²) in [6.45, 7) is 6.97. The van der Waals surface area contributed by atoms with Crippen LogP contribution < -0.4 is 5.32 Å². The Morgan fingerprint density at radius 2 is 2.18 bits per heavy atom. The molecule has 1 N–H and O–H groups in total. The third kappa shape index (κ3) is 2.11. The molecule has 4 heterocycles. The Kier molecular flexibility index (Phi) is 2.92. The number of hydrogen-bond acceptors (Lipinski definition) is 3. The Bertz CT molecular complexity index is 390. The van der Waals surface area contributed by atoms with Gasteiger partial charge in [-0.2, -0.15) is 5.10 Å². The van der Waals surface area contributed by atoms with Gasteiger partial charge in [-0.3, -0.25) is 4.68 Å². The topological polar surface area (TPSA) is 33.1 Å². The maximum atomic E-state index is 4.29. The molecule has 0 radical (unpaired) electrons. The molecule has 2 bridgehead atoms. The smallest absolute Gasteiger partial charge is 0.0537 e. The zero-order valence-electron chi connectivity index (χ0n) is 10.8. The van der Waals surface area contributed by atoms with E-state index in [4.69, 9.17) is 0 Å². The van der Waals surface area contributed by atoms with Gasteiger partial charge in [-0.1, -0.05) is 0 Å². The van der Waals surface area contributed by atoms with Crippen LogP contribution >= 0.6 is 0 Å². The Morgan fingerprint density at radius 3 is 2.71 bits per heavy atom. The van der Waals surface area contributed by atoms with Gasteiger partial charge in [-0.15, -0.1) is 0 Å². The van der Waals surface area contributed by atoms with Gasteiger partial charge >= 0.3 is 0 Å². The van der Waals surface area contributed by atoms with E-state index in [1.54, 1.807) is 0 Å². The van der Waals surface area contributed by atoms with E-state index >= 15 is 0 Å². The summed E-state index contributed by atoms with van der Waals surface area (Å²) >= 11 is 0. The molecule has 0 aliphatic carbocycles. The first kappa shape index (κ1) is 11.2. The third-order valence-corrected chi connectivity index (χ3v) is 4.55. The summed E-state index contributed by atoms with van der Waals surface area (Å²) in [6.07, 6.45) is 4.75. The van der Waals surface area contributed by atoms with Gasteiger partial charge in [-0.25, -0.2) is 0 Å². The quantitative estimate of drug-likeness (QED) is 0.844. The molecule has 1 aromatic rings. The molecule has 3 aliphatic rings. The van der Waals surface area contributed by atoms with Gasteiger partial charge in [0.1, 0.15) is 0 Å². The van der Waals surface area contributed by atoms with Crippen LogP contribution in [0.15, 0.2) is 6.20 Å². The molecule has 1 unspecified atom stereocenters. The summed E-state index contributed by atoms with van der Waals surface area (Å²) < 4.78 is 1.95. The molecule has 1 aromatic heterocycles. The SMILES string of the molecule is Cc1c(CNC2CN3CCC2CC3)cnn1C. The zero-order valence-corrected chi connectivity index (χ0v) is 10.8. The van der Waals surface area contributed by atoms with Crippen molar-refractivity contribution in [1.29, 1.82) is 0 Å². The molecule has 0 saturated carbocycles. The molecule has 3 aliphatic heterocycles. The normalized spacial score (nSPS) is 32.0. The highest BCUT2D eigenvalue weighted by Gasteiger charge is 2.33. The summed E-state index contributed by atoms with van der Waals surface area (Å²) in [5.41, 5.74) is 2.61. The molecule has 0 aromatic carbocycles. The Balaban J connectivity index is 1.59. The van der Waals surface area contributed by atoms with E-state index in [2.05, 4.69) is 22.2 Å². The molecule has 94 valence electrons. The van der Waals surface area contributed by atoms with Gasteiger partial charge in [0.15, 0.2) is 0 Å². The van der Waals surface area contributed by atoms with Crippen LogP contribution in [0.25, 0.3) is 0 Å². The van der Waals surface area contributed by atoms with Crippen LogP contribution in [0.1, 0.15) is 24.1 Å². The number of nitrogens with one attached hydrogen (secondary N) is 1. The molecule has 4 nitrogen and oxygen atoms in total. The second kappa shape index (κ2) is 4.42. The Labute approximate surface area is 103 Å². The van der Waals surface area contributed by atoms with Crippen LogP contribution in [-0.2, 0) is 13.6 Å². The predicted octanol–water partition coefficient (Wildman–Crippen LogP) is 0.912. The number of fused-ring (bicyclic) bond motifs is 3. The second-order valence-corrected chi connectivity index (χ2v) is 5.50. The van der Waals surface area contributed by atoms with E-state index in [9.17, 15) is 0 Å². The minimum Gasteiger partial charge on any atom is -0.308 e. The maximum Gasteiger partial charge on any atom is 0.0537 e. The standard InChI is InChI=1S/C13H22N4/c1-10-12(8-15-16(10)2)7-14-13-9-17-5-3-11(13)4-6-17/h8,11,13-14H,3-7,9H2,1-2H3. The first-order chi connectivity index (χ1) is 8.24. The summed E-state index contributed by atoms with van der Waals surface area (Å²) in [7, 11) is 2.01. The number of piperidine rings is 3. The average molecular weight is 234 g/mol. The highest BCUT2D eigenvalue weighted by atomic mass is 15.3. The van der Waals surface area contributed by atoms with Gasteiger partial charge in [0.2, 0.25) is 0 Å².